The van der Waals surface area contributed by atoms with Crippen LogP contribution in [0.5, 0.6) is 5.75 Å². The van der Waals surface area contributed by atoms with Crippen molar-refractivity contribution in [3.8, 4) is 5.75 Å². The number of benzene rings is 3. The Morgan fingerprint density at radius 3 is 2.57 bits per heavy atom. The highest BCUT2D eigenvalue weighted by Gasteiger charge is 2.37. The molecule has 142 valence electrons. The van der Waals surface area contributed by atoms with Gasteiger partial charge in [0.05, 0.1) is 22.9 Å². The maximum atomic E-state index is 12.3. The number of rotatable bonds is 6. The van der Waals surface area contributed by atoms with Gasteiger partial charge in [0.15, 0.2) is 0 Å². The minimum Gasteiger partial charge on any atom is -0.493 e. The number of carbonyl (C=O) groups is 2. The Balaban J connectivity index is 1.37. The van der Waals surface area contributed by atoms with E-state index in [0.717, 1.165) is 22.9 Å². The van der Waals surface area contributed by atoms with Gasteiger partial charge in [0, 0.05) is 17.0 Å². The van der Waals surface area contributed by atoms with E-state index in [2.05, 4.69) is 0 Å². The lowest BCUT2D eigenvalue weighted by Gasteiger charge is -2.18. The minimum atomic E-state index is -0.564. The first-order chi connectivity index (χ1) is 13.6. The fourth-order valence-corrected chi connectivity index (χ4v) is 4.04. The molecule has 1 aliphatic rings. The molecule has 0 unspecified atom stereocenters. The zero-order chi connectivity index (χ0) is 19.7. The highest BCUT2D eigenvalue weighted by atomic mass is 35.5. The summed E-state index contributed by atoms with van der Waals surface area (Å²) in [6.45, 7) is 0.920. The molecule has 1 aliphatic heterocycles. The van der Waals surface area contributed by atoms with E-state index >= 15 is 0 Å². The zero-order valence-electron chi connectivity index (χ0n) is 15.0. The van der Waals surface area contributed by atoms with E-state index < -0.39 is 11.7 Å². The normalized spacial score (nSPS) is 13.3. The van der Waals surface area contributed by atoms with Crippen molar-refractivity contribution in [1.29, 1.82) is 0 Å². The zero-order valence-corrected chi connectivity index (χ0v) is 16.5. The summed E-state index contributed by atoms with van der Waals surface area (Å²) in [5, 5.41) is 2.86. The van der Waals surface area contributed by atoms with E-state index in [0.29, 0.717) is 35.3 Å². The molecule has 6 heteroatoms. The Labute approximate surface area is 172 Å². The Hall–Kier alpha value is -2.56. The summed E-state index contributed by atoms with van der Waals surface area (Å²) in [5.41, 5.74) is 0.727. The van der Waals surface area contributed by atoms with Crippen molar-refractivity contribution in [3.05, 3.63) is 70.2 Å². The molecule has 4 nitrogen and oxygen atoms in total. The van der Waals surface area contributed by atoms with Gasteiger partial charge in [-0.3, -0.25) is 9.59 Å². The summed E-state index contributed by atoms with van der Waals surface area (Å²) in [6.07, 6.45) is 1.42. The van der Waals surface area contributed by atoms with Crippen LogP contribution in [0.3, 0.4) is 0 Å². The van der Waals surface area contributed by atoms with Crippen molar-refractivity contribution in [2.24, 2.45) is 0 Å². The summed E-state index contributed by atoms with van der Waals surface area (Å²) in [4.78, 5) is 25.9. The molecular weight excluding hydrogens is 397 g/mol. The van der Waals surface area contributed by atoms with Crippen molar-refractivity contribution in [2.75, 3.05) is 18.1 Å². The number of carbonyl (C=O) groups excluding carboxylic acids is 2. The van der Waals surface area contributed by atoms with Crippen LogP contribution in [0.1, 0.15) is 23.2 Å². The van der Waals surface area contributed by atoms with Crippen molar-refractivity contribution < 1.29 is 14.3 Å². The van der Waals surface area contributed by atoms with Gasteiger partial charge in [0.25, 0.3) is 11.7 Å². The maximum absolute atomic E-state index is 12.3. The lowest BCUT2D eigenvalue weighted by Crippen LogP contribution is -2.31. The average Bonchev–Trinajstić information content (AvgIpc) is 2.93. The van der Waals surface area contributed by atoms with Gasteiger partial charge < -0.3 is 9.64 Å². The lowest BCUT2D eigenvalue weighted by molar-refractivity contribution is -0.114. The molecule has 0 spiro atoms. The summed E-state index contributed by atoms with van der Waals surface area (Å²) in [6, 6.07) is 17.1. The Bertz CT molecular complexity index is 1080. The van der Waals surface area contributed by atoms with Crippen molar-refractivity contribution in [3.63, 3.8) is 0 Å². The van der Waals surface area contributed by atoms with Gasteiger partial charge >= 0.3 is 0 Å². The van der Waals surface area contributed by atoms with Crippen LogP contribution >= 0.6 is 23.2 Å². The predicted octanol–water partition coefficient (Wildman–Crippen LogP) is 5.54. The largest absolute Gasteiger partial charge is 0.493 e. The van der Waals surface area contributed by atoms with E-state index in [1.807, 2.05) is 42.5 Å². The second-order valence-electron chi connectivity index (χ2n) is 6.60. The van der Waals surface area contributed by atoms with Crippen molar-refractivity contribution in [1.82, 2.24) is 0 Å². The number of anilines is 1. The lowest BCUT2D eigenvalue weighted by atomic mass is 10.1. The molecule has 0 aromatic heterocycles. The molecule has 0 radical (unpaired) electrons. The highest BCUT2D eigenvalue weighted by molar-refractivity contribution is 6.54. The fraction of sp³-hybridized carbons (Fsp3) is 0.182. The molecule has 0 atom stereocenters. The molecule has 4 rings (SSSR count). The molecule has 1 heterocycles. The topological polar surface area (TPSA) is 46.6 Å². The first kappa shape index (κ1) is 18.8. The van der Waals surface area contributed by atoms with Crippen LogP contribution < -0.4 is 9.64 Å². The number of amides is 1. The number of ether oxygens (including phenoxy) is 1. The second kappa shape index (κ2) is 7.82. The van der Waals surface area contributed by atoms with Gasteiger partial charge in [-0.25, -0.2) is 0 Å². The summed E-state index contributed by atoms with van der Waals surface area (Å²) in [5.74, 6) is -0.283. The predicted molar refractivity (Wildman–Crippen MR) is 112 cm³/mol. The highest BCUT2D eigenvalue weighted by Crippen LogP contribution is 2.38. The van der Waals surface area contributed by atoms with Gasteiger partial charge in [-0.15, -0.1) is 0 Å². The molecule has 28 heavy (non-hydrogen) atoms. The summed E-state index contributed by atoms with van der Waals surface area (Å²) >= 11 is 12.2. The maximum Gasteiger partial charge on any atom is 0.299 e. The first-order valence-corrected chi connectivity index (χ1v) is 9.77. The number of halogens is 2. The standard InChI is InChI=1S/C22H17Cl2NO3/c23-15-12-17-20(18(24)13-15)25(22(27)21(17)26)10-3-4-11-28-19-9-5-7-14-6-1-2-8-16(14)19/h1-2,5-9,12-13H,3-4,10-11H2. The number of hydrogen-bond acceptors (Lipinski definition) is 3. The number of ketones is 1. The fourth-order valence-electron chi connectivity index (χ4n) is 3.44. The van der Waals surface area contributed by atoms with Crippen LogP contribution in [0.25, 0.3) is 10.8 Å². The molecular formula is C22H17Cl2NO3. The van der Waals surface area contributed by atoms with E-state index in [1.54, 1.807) is 6.07 Å². The van der Waals surface area contributed by atoms with Crippen LogP contribution in [0.15, 0.2) is 54.6 Å². The molecule has 0 bridgehead atoms. The third-order valence-electron chi connectivity index (χ3n) is 4.77. The average molecular weight is 414 g/mol. The molecule has 3 aromatic rings. The van der Waals surface area contributed by atoms with Gasteiger partial charge in [-0.2, -0.15) is 0 Å². The van der Waals surface area contributed by atoms with Gasteiger partial charge in [-0.1, -0.05) is 59.6 Å². The van der Waals surface area contributed by atoms with E-state index in [-0.39, 0.29) is 5.56 Å². The summed E-state index contributed by atoms with van der Waals surface area (Å²) < 4.78 is 5.93. The van der Waals surface area contributed by atoms with Crippen LogP contribution in [0.4, 0.5) is 5.69 Å². The van der Waals surface area contributed by atoms with Crippen molar-refractivity contribution in [2.45, 2.75) is 12.8 Å². The van der Waals surface area contributed by atoms with E-state index in [1.165, 1.54) is 11.0 Å². The number of hydrogen-bond donors (Lipinski definition) is 0. The Kier molecular flexibility index (Phi) is 5.25. The minimum absolute atomic E-state index is 0.273. The smallest absolute Gasteiger partial charge is 0.299 e. The van der Waals surface area contributed by atoms with Crippen LogP contribution in [0, 0.1) is 0 Å². The quantitative estimate of drug-likeness (QED) is 0.393. The molecule has 0 N–H and O–H groups in total. The summed E-state index contributed by atoms with van der Waals surface area (Å²) in [7, 11) is 0. The van der Waals surface area contributed by atoms with Crippen LogP contribution in [0.2, 0.25) is 10.0 Å². The third-order valence-corrected chi connectivity index (χ3v) is 5.27. The number of unbranched alkanes of at least 4 members (excludes halogenated alkanes) is 1. The van der Waals surface area contributed by atoms with Gasteiger partial charge in [0.2, 0.25) is 0 Å². The van der Waals surface area contributed by atoms with Gasteiger partial charge in [-0.05, 0) is 36.4 Å². The number of Topliss-reactive ketones (excluding diaryl/α,β-unsaturated/α-hetero) is 1. The van der Waals surface area contributed by atoms with E-state index in [9.17, 15) is 9.59 Å². The molecule has 0 fully saturated rings. The molecule has 3 aromatic carbocycles. The molecule has 0 saturated carbocycles. The van der Waals surface area contributed by atoms with Crippen molar-refractivity contribution >= 4 is 51.4 Å². The van der Waals surface area contributed by atoms with Crippen LogP contribution in [-0.2, 0) is 4.79 Å². The van der Waals surface area contributed by atoms with E-state index in [4.69, 9.17) is 27.9 Å². The number of nitrogens with zero attached hydrogens (tertiary/aromatic N) is 1. The first-order valence-electron chi connectivity index (χ1n) is 9.02. The second-order valence-corrected chi connectivity index (χ2v) is 7.45. The third kappa shape index (κ3) is 3.46. The number of fused-ring (bicyclic) bond motifs is 2. The molecule has 0 saturated heterocycles. The molecule has 1 amide bonds. The molecule has 0 aliphatic carbocycles. The monoisotopic (exact) mass is 413 g/mol. The SMILES string of the molecule is O=C1C(=O)N(CCCCOc2cccc3ccccc23)c2c(Cl)cc(Cl)cc21. The van der Waals surface area contributed by atoms with Gasteiger partial charge in [0.1, 0.15) is 5.75 Å². The van der Waals surface area contributed by atoms with Crippen LogP contribution in [-0.4, -0.2) is 24.8 Å². The Morgan fingerprint density at radius 2 is 1.71 bits per heavy atom. The Morgan fingerprint density at radius 1 is 0.929 bits per heavy atom.